The van der Waals surface area contributed by atoms with Crippen molar-refractivity contribution < 1.29 is 59.9 Å². The van der Waals surface area contributed by atoms with E-state index in [1.54, 1.807) is 156 Å². The Bertz CT molecular complexity index is 3900. The molecule has 20 nitrogen and oxygen atoms in total. The molecule has 8 rings (SSSR count). The molecule has 0 aliphatic heterocycles. The number of hydrogen-bond donors (Lipinski definition) is 0. The zero-order chi connectivity index (χ0) is 65.9. The van der Waals surface area contributed by atoms with E-state index in [0.29, 0.717) is 34.4 Å². The molecule has 1 heterocycles. The predicted octanol–water partition coefficient (Wildman–Crippen LogP) is 17.3. The summed E-state index contributed by atoms with van der Waals surface area (Å²) in [7, 11) is -11.2. The van der Waals surface area contributed by atoms with Crippen LogP contribution in [-0.2, 0) is 57.2 Å². The van der Waals surface area contributed by atoms with Crippen molar-refractivity contribution in [3.8, 4) is 23.0 Å². The molecule has 0 amide bonds. The van der Waals surface area contributed by atoms with Crippen LogP contribution in [0, 0.1) is 0 Å². The van der Waals surface area contributed by atoms with Gasteiger partial charge in [-0.1, -0.05) is 43.8 Å². The molecule has 482 valence electrons. The van der Waals surface area contributed by atoms with Gasteiger partial charge in [0.1, 0.15) is 23.0 Å². The van der Waals surface area contributed by atoms with Crippen LogP contribution in [0.4, 0.5) is 28.4 Å². The lowest BCUT2D eigenvalue weighted by molar-refractivity contribution is 0.138. The van der Waals surface area contributed by atoms with Gasteiger partial charge < -0.3 is 14.4 Å². The fraction of sp³-hybridized carbons (Fsp3) is 0.288. The van der Waals surface area contributed by atoms with Gasteiger partial charge in [-0.2, -0.15) is 54.1 Å². The summed E-state index contributed by atoms with van der Waals surface area (Å²) < 4.78 is 128. The molecular weight excluding hydrogens is 1230 g/mol. The minimum absolute atomic E-state index is 0. The number of ether oxygens (including phenoxy) is 2. The van der Waals surface area contributed by atoms with Crippen LogP contribution in [0.15, 0.2) is 247 Å². The lowest BCUT2D eigenvalue weighted by Crippen LogP contribution is -2.24. The number of anilines is 1. The summed E-state index contributed by atoms with van der Waals surface area (Å²) in [5.74, 6) is 2.37. The number of pyridine rings is 1. The third-order valence-electron chi connectivity index (χ3n) is 10.4. The van der Waals surface area contributed by atoms with Gasteiger partial charge in [0.2, 0.25) is 0 Å². The molecule has 90 heavy (non-hydrogen) atoms. The average Bonchev–Trinajstić information content (AvgIpc) is 1.06. The minimum Gasteiger partial charge on any atom is -0.457 e. The van der Waals surface area contributed by atoms with Gasteiger partial charge >= 0.3 is 0 Å². The molecule has 0 saturated carbocycles. The maximum Gasteiger partial charge on any atom is 0.297 e. The van der Waals surface area contributed by atoms with E-state index in [0.717, 1.165) is 17.1 Å². The summed E-state index contributed by atoms with van der Waals surface area (Å²) in [4.78, 5) is 6.33. The Labute approximate surface area is 532 Å². The third-order valence-corrected chi connectivity index (χ3v) is 16.7. The van der Waals surface area contributed by atoms with E-state index in [1.807, 2.05) is 104 Å². The van der Waals surface area contributed by atoms with E-state index in [2.05, 4.69) is 25.4 Å². The summed E-state index contributed by atoms with van der Waals surface area (Å²) in [5, 5.41) is 16.4. The fourth-order valence-corrected chi connectivity index (χ4v) is 11.8. The van der Waals surface area contributed by atoms with E-state index in [9.17, 15) is 33.7 Å². The molecule has 1 aromatic heterocycles. The Morgan fingerprint density at radius 2 is 0.578 bits per heavy atom. The van der Waals surface area contributed by atoms with Crippen molar-refractivity contribution in [3.05, 3.63) is 207 Å². The zero-order valence-corrected chi connectivity index (χ0v) is 55.4. The molecule has 0 fully saturated rings. The molecule has 8 aromatic rings. The normalized spacial score (nSPS) is 12.2. The average molecular weight is 1310 g/mol. The highest BCUT2D eigenvalue weighted by molar-refractivity contribution is 7.87. The highest BCUT2D eigenvalue weighted by Crippen LogP contribution is 2.30. The molecule has 0 atom stereocenters. The summed E-state index contributed by atoms with van der Waals surface area (Å²) in [6, 6.07) is 54.2. The van der Waals surface area contributed by atoms with Crippen LogP contribution in [0.5, 0.6) is 23.0 Å². The number of rotatable bonds is 17. The summed E-state index contributed by atoms with van der Waals surface area (Å²) >= 11 is 0. The number of aromatic nitrogens is 1. The summed E-state index contributed by atoms with van der Waals surface area (Å²) in [6.45, 7) is 20.3. The second-order valence-corrected chi connectivity index (χ2v) is 29.6. The molecule has 0 N–H and O–H groups in total. The SMILES string of the molecule is C.CC(C)(C)OS(=O)(=O)c1ccc(N=Nc2ccccc2)cc1.CC(C)(C)OS(=O)(=O)c1ccc(Oc2ccccc2)cc1.CC(C)(C)OS(=O)(=O)c1ccc(Oc2cccnc2)cc1.CN(C)c1ccc(N=Nc2ccc(S(=O)(=O)OC(C)(C)C)cc2)cc1. The van der Waals surface area contributed by atoms with E-state index in [4.69, 9.17) is 26.2 Å². The third kappa shape index (κ3) is 27.0. The first-order valence-corrected chi connectivity index (χ1v) is 33.2. The smallest absolute Gasteiger partial charge is 0.297 e. The van der Waals surface area contributed by atoms with Crippen molar-refractivity contribution in [3.63, 3.8) is 0 Å². The number of benzene rings is 7. The molecule has 0 spiro atoms. The molecule has 0 unspecified atom stereocenters. The second kappa shape index (κ2) is 32.1. The quantitative estimate of drug-likeness (QED) is 0.0606. The monoisotopic (exact) mass is 1310 g/mol. The molecular formula is C66H80N6O14S4. The van der Waals surface area contributed by atoms with Crippen molar-refractivity contribution in [2.75, 3.05) is 19.0 Å². The first-order valence-electron chi connectivity index (χ1n) is 27.6. The van der Waals surface area contributed by atoms with Crippen LogP contribution in [0.3, 0.4) is 0 Å². The van der Waals surface area contributed by atoms with Gasteiger partial charge in [-0.25, -0.2) is 0 Å². The first kappa shape index (κ1) is 74.4. The Morgan fingerprint density at radius 1 is 0.322 bits per heavy atom. The summed E-state index contributed by atoms with van der Waals surface area (Å²) in [6.07, 6.45) is 3.22. The lowest BCUT2D eigenvalue weighted by Gasteiger charge is -2.18. The number of para-hydroxylation sites is 1. The van der Waals surface area contributed by atoms with Crippen LogP contribution in [0.1, 0.15) is 90.5 Å². The molecule has 0 saturated heterocycles. The standard InChI is InChI=1S/C18H23N3O3S.C16H18N2O3S.C16H18O4S.C15H17NO4S.CH4/c1-18(2,3)24-25(22,23)17-12-8-15(9-13-17)20-19-14-6-10-16(11-7-14)21(4)5;1-16(2,3)21-22(19,20)15-11-9-14(10-12-15)18-17-13-7-5-4-6-8-13;1-16(2,3)20-21(17,18)15-11-9-14(10-12-15)19-13-7-5-4-6-8-13;1-15(2,3)20-21(17,18)14-8-6-12(7-9-14)19-13-5-4-10-16-11-13;/h6-13H,1-5H3;4-12H,1-3H3;4-12H,1-3H3;4-11H,1-3H3;1H4. The Hall–Kier alpha value is -8.07. The van der Waals surface area contributed by atoms with Gasteiger partial charge in [-0.3, -0.25) is 21.7 Å². The molecule has 0 bridgehead atoms. The Balaban J connectivity index is 0.000000256. The van der Waals surface area contributed by atoms with Gasteiger partial charge in [0.05, 0.1) is 70.9 Å². The Morgan fingerprint density at radius 3 is 0.867 bits per heavy atom. The van der Waals surface area contributed by atoms with Gasteiger partial charge in [0, 0.05) is 26.0 Å². The van der Waals surface area contributed by atoms with Crippen molar-refractivity contribution in [2.45, 2.75) is 132 Å². The zero-order valence-electron chi connectivity index (χ0n) is 52.2. The molecule has 24 heteroatoms. The summed E-state index contributed by atoms with van der Waals surface area (Å²) in [5.41, 5.74) is 0.563. The highest BCUT2D eigenvalue weighted by Gasteiger charge is 2.27. The second-order valence-electron chi connectivity index (χ2n) is 23.4. The van der Waals surface area contributed by atoms with Gasteiger partial charge in [0.25, 0.3) is 40.5 Å². The Kier molecular flexibility index (Phi) is 26.5. The number of nitrogens with zero attached hydrogens (tertiary/aromatic N) is 6. The topological polar surface area (TPSA) is 258 Å². The number of hydrogen-bond acceptors (Lipinski definition) is 20. The minimum atomic E-state index is -3.79. The van der Waals surface area contributed by atoms with Gasteiger partial charge in [0.15, 0.2) is 0 Å². The molecule has 0 aliphatic carbocycles. The van der Waals surface area contributed by atoms with E-state index in [1.165, 1.54) is 48.5 Å². The highest BCUT2D eigenvalue weighted by atomic mass is 32.2. The van der Waals surface area contributed by atoms with Crippen LogP contribution in [0.25, 0.3) is 0 Å². The number of azo groups is 2. The van der Waals surface area contributed by atoms with Crippen molar-refractivity contribution in [1.82, 2.24) is 4.98 Å². The van der Waals surface area contributed by atoms with Gasteiger partial charge in [-0.05, 0) is 241 Å². The van der Waals surface area contributed by atoms with Crippen molar-refractivity contribution in [2.24, 2.45) is 20.5 Å². The van der Waals surface area contributed by atoms with E-state index >= 15 is 0 Å². The molecule has 0 radical (unpaired) electrons. The molecule has 7 aromatic carbocycles. The maximum atomic E-state index is 12.1. The van der Waals surface area contributed by atoms with E-state index in [-0.39, 0.29) is 27.0 Å². The van der Waals surface area contributed by atoms with E-state index < -0.39 is 62.9 Å². The van der Waals surface area contributed by atoms with Crippen LogP contribution in [-0.4, -0.2) is 75.2 Å². The molecule has 0 aliphatic rings. The van der Waals surface area contributed by atoms with Crippen LogP contribution < -0.4 is 14.4 Å². The fourth-order valence-electron chi connectivity index (χ4n) is 6.93. The van der Waals surface area contributed by atoms with Crippen molar-refractivity contribution >= 4 is 68.9 Å². The predicted molar refractivity (Wildman–Crippen MR) is 351 cm³/mol. The largest absolute Gasteiger partial charge is 0.457 e. The van der Waals surface area contributed by atoms with Crippen LogP contribution in [0.2, 0.25) is 0 Å². The van der Waals surface area contributed by atoms with Crippen molar-refractivity contribution in [1.29, 1.82) is 0 Å². The van der Waals surface area contributed by atoms with Crippen LogP contribution >= 0.6 is 0 Å². The lowest BCUT2D eigenvalue weighted by atomic mass is 10.2. The first-order chi connectivity index (χ1) is 41.4. The maximum absolute atomic E-state index is 12.1. The van der Waals surface area contributed by atoms with Gasteiger partial charge in [-0.15, -0.1) is 0 Å².